The smallest absolute Gasteiger partial charge is 0.286 e. The number of carbonyl (C=O) groups is 1. The van der Waals surface area contributed by atoms with E-state index in [2.05, 4.69) is 10.4 Å². The maximum absolute atomic E-state index is 13.0. The Bertz CT molecular complexity index is 1060. The van der Waals surface area contributed by atoms with Gasteiger partial charge in [-0.05, 0) is 19.4 Å². The number of nitrogens with one attached hydrogen (secondary N) is 1. The molecule has 0 saturated carbocycles. The van der Waals surface area contributed by atoms with E-state index in [-0.39, 0.29) is 22.7 Å². The van der Waals surface area contributed by atoms with Crippen molar-refractivity contribution in [3.8, 4) is 11.5 Å². The molecular formula is C21H22N4O5. The molecule has 0 aliphatic rings. The van der Waals surface area contributed by atoms with Crippen LogP contribution in [0.15, 0.2) is 48.5 Å². The third kappa shape index (κ3) is 4.57. The topological polar surface area (TPSA) is 109 Å². The second-order valence-corrected chi connectivity index (χ2v) is 6.48. The van der Waals surface area contributed by atoms with Crippen LogP contribution in [0.5, 0.6) is 11.5 Å². The van der Waals surface area contributed by atoms with Crippen molar-refractivity contribution in [2.45, 2.75) is 20.4 Å². The predicted octanol–water partition coefficient (Wildman–Crippen LogP) is 3.81. The monoisotopic (exact) mass is 410 g/mol. The molecule has 9 nitrogen and oxygen atoms in total. The number of carbonyl (C=O) groups excluding carboxylic acids is 1. The molecule has 2 aromatic carbocycles. The van der Waals surface area contributed by atoms with E-state index in [1.54, 1.807) is 24.6 Å². The summed E-state index contributed by atoms with van der Waals surface area (Å²) in [4.78, 5) is 23.9. The van der Waals surface area contributed by atoms with E-state index in [1.807, 2.05) is 30.3 Å². The summed E-state index contributed by atoms with van der Waals surface area (Å²) in [7, 11) is 1.38. The third-order valence-electron chi connectivity index (χ3n) is 4.34. The summed E-state index contributed by atoms with van der Waals surface area (Å²) >= 11 is 0. The number of ether oxygens (including phenoxy) is 2. The minimum absolute atomic E-state index is 0.130. The standard InChI is InChI=1S/C21H22N4O5/c1-4-30-19-11-16(17(25(27)28)12-18(19)29-3)21(26)22-20-10-14(2)23-24(20)13-15-8-6-5-7-9-15/h5-12H,4,13H2,1-3H3,(H,22,26). The highest BCUT2D eigenvalue weighted by molar-refractivity contribution is 6.07. The minimum Gasteiger partial charge on any atom is -0.493 e. The molecule has 3 rings (SSSR count). The number of amides is 1. The number of nitro benzene ring substituents is 1. The van der Waals surface area contributed by atoms with Gasteiger partial charge in [-0.3, -0.25) is 14.9 Å². The van der Waals surface area contributed by atoms with Crippen molar-refractivity contribution in [2.24, 2.45) is 0 Å². The summed E-state index contributed by atoms with van der Waals surface area (Å²) in [6.45, 7) is 4.34. The number of hydrogen-bond donors (Lipinski definition) is 1. The molecule has 0 unspecified atom stereocenters. The van der Waals surface area contributed by atoms with Gasteiger partial charge in [-0.2, -0.15) is 5.10 Å². The first kappa shape index (κ1) is 20.8. The van der Waals surface area contributed by atoms with Crippen LogP contribution in [-0.2, 0) is 6.54 Å². The fourth-order valence-corrected chi connectivity index (χ4v) is 3.02. The first-order valence-corrected chi connectivity index (χ1v) is 9.31. The first-order valence-electron chi connectivity index (χ1n) is 9.31. The van der Waals surface area contributed by atoms with Gasteiger partial charge in [0.25, 0.3) is 11.6 Å². The second-order valence-electron chi connectivity index (χ2n) is 6.48. The largest absolute Gasteiger partial charge is 0.493 e. The van der Waals surface area contributed by atoms with Crippen LogP contribution in [0.2, 0.25) is 0 Å². The van der Waals surface area contributed by atoms with Gasteiger partial charge in [0, 0.05) is 12.1 Å². The van der Waals surface area contributed by atoms with Gasteiger partial charge in [0.2, 0.25) is 0 Å². The minimum atomic E-state index is -0.639. The van der Waals surface area contributed by atoms with E-state index in [0.29, 0.717) is 24.7 Å². The average molecular weight is 410 g/mol. The molecule has 9 heteroatoms. The lowest BCUT2D eigenvalue weighted by Crippen LogP contribution is -2.18. The molecule has 1 N–H and O–H groups in total. The fourth-order valence-electron chi connectivity index (χ4n) is 3.02. The van der Waals surface area contributed by atoms with E-state index < -0.39 is 10.8 Å². The summed E-state index contributed by atoms with van der Waals surface area (Å²) in [6, 6.07) is 13.9. The van der Waals surface area contributed by atoms with Crippen LogP contribution in [-0.4, -0.2) is 34.3 Å². The predicted molar refractivity (Wildman–Crippen MR) is 111 cm³/mol. The molecular weight excluding hydrogens is 388 g/mol. The number of anilines is 1. The zero-order valence-electron chi connectivity index (χ0n) is 16.9. The van der Waals surface area contributed by atoms with Crippen molar-refractivity contribution < 1.29 is 19.2 Å². The lowest BCUT2D eigenvalue weighted by molar-refractivity contribution is -0.385. The Kier molecular flexibility index (Phi) is 6.31. The zero-order valence-corrected chi connectivity index (χ0v) is 16.9. The van der Waals surface area contributed by atoms with Gasteiger partial charge >= 0.3 is 0 Å². The van der Waals surface area contributed by atoms with Gasteiger partial charge in [0.05, 0.1) is 36.9 Å². The highest BCUT2D eigenvalue weighted by Crippen LogP contribution is 2.35. The molecule has 0 fully saturated rings. The SMILES string of the molecule is CCOc1cc(C(=O)Nc2cc(C)nn2Cc2ccccc2)c([N+](=O)[O-])cc1OC. The average Bonchev–Trinajstić information content (AvgIpc) is 3.06. The Balaban J connectivity index is 1.94. The van der Waals surface area contributed by atoms with Gasteiger partial charge in [0.15, 0.2) is 11.5 Å². The van der Waals surface area contributed by atoms with E-state index in [9.17, 15) is 14.9 Å². The number of hydrogen-bond acceptors (Lipinski definition) is 6. The van der Waals surface area contributed by atoms with E-state index in [0.717, 1.165) is 5.56 Å². The number of aryl methyl sites for hydroxylation is 1. The Hall–Kier alpha value is -3.88. The highest BCUT2D eigenvalue weighted by atomic mass is 16.6. The molecule has 1 aromatic heterocycles. The highest BCUT2D eigenvalue weighted by Gasteiger charge is 2.25. The van der Waals surface area contributed by atoms with Crippen molar-refractivity contribution in [2.75, 3.05) is 19.0 Å². The number of aromatic nitrogens is 2. The summed E-state index contributed by atoms with van der Waals surface area (Å²) in [5, 5.41) is 18.7. The molecule has 1 amide bonds. The van der Waals surface area contributed by atoms with Crippen LogP contribution < -0.4 is 14.8 Å². The van der Waals surface area contributed by atoms with Crippen LogP contribution in [0.1, 0.15) is 28.5 Å². The summed E-state index contributed by atoms with van der Waals surface area (Å²) in [5.74, 6) is 0.235. The summed E-state index contributed by atoms with van der Waals surface area (Å²) in [6.07, 6.45) is 0. The lowest BCUT2D eigenvalue weighted by Gasteiger charge is -2.13. The van der Waals surface area contributed by atoms with Crippen molar-refractivity contribution in [3.05, 3.63) is 75.5 Å². The van der Waals surface area contributed by atoms with Crippen LogP contribution in [0.3, 0.4) is 0 Å². The maximum atomic E-state index is 13.0. The summed E-state index contributed by atoms with van der Waals surface area (Å²) in [5.41, 5.74) is 1.21. The van der Waals surface area contributed by atoms with Gasteiger partial charge in [0.1, 0.15) is 11.4 Å². The molecule has 0 spiro atoms. The Morgan fingerprint density at radius 2 is 1.93 bits per heavy atom. The second kappa shape index (κ2) is 9.08. The van der Waals surface area contributed by atoms with Crippen LogP contribution in [0.4, 0.5) is 11.5 Å². The number of nitro groups is 1. The van der Waals surface area contributed by atoms with Gasteiger partial charge < -0.3 is 14.8 Å². The van der Waals surface area contributed by atoms with Crippen molar-refractivity contribution in [1.29, 1.82) is 0 Å². The first-order chi connectivity index (χ1) is 14.4. The molecule has 0 bridgehead atoms. The molecule has 0 saturated heterocycles. The van der Waals surface area contributed by atoms with Crippen LogP contribution in [0.25, 0.3) is 0 Å². The van der Waals surface area contributed by atoms with E-state index >= 15 is 0 Å². The van der Waals surface area contributed by atoms with Crippen molar-refractivity contribution >= 4 is 17.4 Å². The Morgan fingerprint density at radius 1 is 1.20 bits per heavy atom. The molecule has 1 heterocycles. The summed E-state index contributed by atoms with van der Waals surface area (Å²) < 4.78 is 12.3. The van der Waals surface area contributed by atoms with Gasteiger partial charge in [-0.15, -0.1) is 0 Å². The lowest BCUT2D eigenvalue weighted by atomic mass is 10.1. The number of benzene rings is 2. The molecule has 156 valence electrons. The number of rotatable bonds is 8. The number of methoxy groups -OCH3 is 1. The molecule has 30 heavy (non-hydrogen) atoms. The Morgan fingerprint density at radius 3 is 2.57 bits per heavy atom. The molecule has 3 aromatic rings. The Labute approximate surface area is 173 Å². The van der Waals surface area contributed by atoms with Crippen molar-refractivity contribution in [1.82, 2.24) is 9.78 Å². The third-order valence-corrected chi connectivity index (χ3v) is 4.34. The van der Waals surface area contributed by atoms with Gasteiger partial charge in [-0.25, -0.2) is 4.68 Å². The fraction of sp³-hybridized carbons (Fsp3) is 0.238. The molecule has 0 radical (unpaired) electrons. The quantitative estimate of drug-likeness (QED) is 0.447. The van der Waals surface area contributed by atoms with E-state index in [4.69, 9.17) is 9.47 Å². The normalized spacial score (nSPS) is 10.5. The number of nitrogens with zero attached hydrogens (tertiary/aromatic N) is 3. The molecule has 0 aliphatic carbocycles. The van der Waals surface area contributed by atoms with Gasteiger partial charge in [-0.1, -0.05) is 30.3 Å². The molecule has 0 atom stereocenters. The molecule has 0 aliphatic heterocycles. The van der Waals surface area contributed by atoms with E-state index in [1.165, 1.54) is 19.2 Å². The van der Waals surface area contributed by atoms with Crippen LogP contribution in [0, 0.1) is 17.0 Å². The zero-order chi connectivity index (χ0) is 21.7. The van der Waals surface area contributed by atoms with Crippen LogP contribution >= 0.6 is 0 Å². The maximum Gasteiger partial charge on any atom is 0.286 e. The van der Waals surface area contributed by atoms with Crippen molar-refractivity contribution in [3.63, 3.8) is 0 Å².